The number of aliphatic hydroxyl groups excluding tert-OH is 1. The molecular formula is C22H34N2O4. The van der Waals surface area contributed by atoms with E-state index in [1.54, 1.807) is 0 Å². The Morgan fingerprint density at radius 1 is 1.32 bits per heavy atom. The van der Waals surface area contributed by atoms with Crippen molar-refractivity contribution >= 4 is 5.91 Å². The van der Waals surface area contributed by atoms with Gasteiger partial charge in [0.05, 0.1) is 12.5 Å². The molecule has 1 amide bonds. The number of amides is 1. The fourth-order valence-corrected chi connectivity index (χ4v) is 4.73. The quantitative estimate of drug-likeness (QED) is 0.737. The average molecular weight is 391 g/mol. The number of hydrogen-bond donors (Lipinski definition) is 1. The maximum absolute atomic E-state index is 13.3. The molecule has 28 heavy (non-hydrogen) atoms. The van der Waals surface area contributed by atoms with Crippen molar-refractivity contribution in [2.24, 2.45) is 11.3 Å². The van der Waals surface area contributed by atoms with Gasteiger partial charge >= 0.3 is 0 Å². The number of rotatable bonds is 8. The molecule has 0 radical (unpaired) electrons. The Morgan fingerprint density at radius 3 is 2.75 bits per heavy atom. The van der Waals surface area contributed by atoms with E-state index in [1.165, 1.54) is 5.56 Å². The average Bonchev–Trinajstić information content (AvgIpc) is 3.05. The molecular weight excluding hydrogens is 356 g/mol. The van der Waals surface area contributed by atoms with E-state index >= 15 is 0 Å². The molecule has 6 nitrogen and oxygen atoms in total. The maximum atomic E-state index is 13.3. The summed E-state index contributed by atoms with van der Waals surface area (Å²) in [6.07, 6.45) is 1.92. The van der Waals surface area contributed by atoms with E-state index in [9.17, 15) is 4.79 Å². The SMILES string of the molecule is CCN(CC)C(=O)C1CN(Cc2cccc(OCCO)c2)CC12CCOCC2. The Morgan fingerprint density at radius 2 is 2.07 bits per heavy atom. The molecule has 1 aromatic carbocycles. The molecule has 2 saturated heterocycles. The van der Waals surface area contributed by atoms with Crippen molar-refractivity contribution in [3.05, 3.63) is 29.8 Å². The Bertz CT molecular complexity index is 641. The molecule has 1 unspecified atom stereocenters. The molecule has 0 aromatic heterocycles. The van der Waals surface area contributed by atoms with E-state index in [2.05, 4.69) is 24.8 Å². The lowest BCUT2D eigenvalue weighted by Crippen LogP contribution is -2.46. The van der Waals surface area contributed by atoms with Gasteiger partial charge < -0.3 is 19.5 Å². The second-order valence-corrected chi connectivity index (χ2v) is 7.93. The van der Waals surface area contributed by atoms with Crippen molar-refractivity contribution in [3.63, 3.8) is 0 Å². The number of benzene rings is 1. The van der Waals surface area contributed by atoms with Crippen LogP contribution in [0.15, 0.2) is 24.3 Å². The zero-order chi connectivity index (χ0) is 20.0. The molecule has 1 spiro atoms. The summed E-state index contributed by atoms with van der Waals surface area (Å²) < 4.78 is 11.2. The fourth-order valence-electron chi connectivity index (χ4n) is 4.73. The van der Waals surface area contributed by atoms with Gasteiger partial charge in [-0.3, -0.25) is 9.69 Å². The first-order valence-electron chi connectivity index (χ1n) is 10.5. The van der Waals surface area contributed by atoms with Gasteiger partial charge in [-0.25, -0.2) is 0 Å². The molecule has 2 aliphatic rings. The lowest BCUT2D eigenvalue weighted by atomic mass is 9.71. The molecule has 0 saturated carbocycles. The Hall–Kier alpha value is -1.63. The minimum atomic E-state index is 0.0100. The van der Waals surface area contributed by atoms with E-state index < -0.39 is 0 Å². The number of nitrogens with zero attached hydrogens (tertiary/aromatic N) is 2. The fraction of sp³-hybridized carbons (Fsp3) is 0.682. The molecule has 2 heterocycles. The Balaban J connectivity index is 1.74. The zero-order valence-electron chi connectivity index (χ0n) is 17.2. The van der Waals surface area contributed by atoms with Gasteiger partial charge in [-0.05, 0) is 44.4 Å². The summed E-state index contributed by atoms with van der Waals surface area (Å²) >= 11 is 0. The number of carbonyl (C=O) groups excluding carboxylic acids is 1. The first-order chi connectivity index (χ1) is 13.6. The predicted octanol–water partition coefficient (Wildman–Crippen LogP) is 2.15. The van der Waals surface area contributed by atoms with Gasteiger partial charge in [-0.1, -0.05) is 12.1 Å². The maximum Gasteiger partial charge on any atom is 0.227 e. The summed E-state index contributed by atoms with van der Waals surface area (Å²) in [6, 6.07) is 8.03. The molecule has 0 bridgehead atoms. The minimum Gasteiger partial charge on any atom is -0.491 e. The summed E-state index contributed by atoms with van der Waals surface area (Å²) in [6.45, 7) is 10.0. The summed E-state index contributed by atoms with van der Waals surface area (Å²) in [5.74, 6) is 1.13. The minimum absolute atomic E-state index is 0.0100. The second-order valence-electron chi connectivity index (χ2n) is 7.93. The molecule has 6 heteroatoms. The predicted molar refractivity (Wildman–Crippen MR) is 108 cm³/mol. The van der Waals surface area contributed by atoms with Crippen LogP contribution < -0.4 is 4.74 Å². The van der Waals surface area contributed by atoms with Crippen LogP contribution in [0, 0.1) is 11.3 Å². The highest BCUT2D eigenvalue weighted by molar-refractivity contribution is 5.80. The molecule has 2 aliphatic heterocycles. The van der Waals surface area contributed by atoms with E-state index in [0.29, 0.717) is 12.5 Å². The first-order valence-corrected chi connectivity index (χ1v) is 10.5. The molecule has 2 fully saturated rings. The van der Waals surface area contributed by atoms with Gasteiger partial charge in [0.25, 0.3) is 0 Å². The highest BCUT2D eigenvalue weighted by atomic mass is 16.5. The summed E-state index contributed by atoms with van der Waals surface area (Å²) in [7, 11) is 0. The third-order valence-electron chi connectivity index (χ3n) is 6.24. The van der Waals surface area contributed by atoms with Gasteiger partial charge in [-0.2, -0.15) is 0 Å². The van der Waals surface area contributed by atoms with Gasteiger partial charge in [0, 0.05) is 51.4 Å². The topological polar surface area (TPSA) is 62.2 Å². The van der Waals surface area contributed by atoms with E-state index in [1.807, 2.05) is 23.1 Å². The van der Waals surface area contributed by atoms with Crippen molar-refractivity contribution in [2.45, 2.75) is 33.2 Å². The summed E-state index contributed by atoms with van der Waals surface area (Å²) in [5.41, 5.74) is 1.21. The van der Waals surface area contributed by atoms with E-state index in [0.717, 1.165) is 64.5 Å². The monoisotopic (exact) mass is 390 g/mol. The van der Waals surface area contributed by atoms with Crippen LogP contribution in [0.3, 0.4) is 0 Å². The van der Waals surface area contributed by atoms with Crippen LogP contribution in [0.5, 0.6) is 5.75 Å². The van der Waals surface area contributed by atoms with Gasteiger partial charge in [-0.15, -0.1) is 0 Å². The highest BCUT2D eigenvalue weighted by Crippen LogP contribution is 2.45. The molecule has 0 aliphatic carbocycles. The van der Waals surface area contributed by atoms with E-state index in [4.69, 9.17) is 14.6 Å². The van der Waals surface area contributed by atoms with Crippen LogP contribution in [0.1, 0.15) is 32.3 Å². The second kappa shape index (κ2) is 9.72. The number of aliphatic hydroxyl groups is 1. The smallest absolute Gasteiger partial charge is 0.227 e. The number of ether oxygens (including phenoxy) is 2. The third-order valence-corrected chi connectivity index (χ3v) is 6.24. The van der Waals surface area contributed by atoms with Gasteiger partial charge in [0.2, 0.25) is 5.91 Å². The van der Waals surface area contributed by atoms with Crippen LogP contribution in [0.25, 0.3) is 0 Å². The third kappa shape index (κ3) is 4.67. The van der Waals surface area contributed by atoms with E-state index in [-0.39, 0.29) is 17.9 Å². The molecule has 1 N–H and O–H groups in total. The number of hydrogen-bond acceptors (Lipinski definition) is 5. The van der Waals surface area contributed by atoms with Gasteiger partial charge in [0.15, 0.2) is 0 Å². The molecule has 1 aromatic rings. The Kier molecular flexibility index (Phi) is 7.32. The molecule has 1 atom stereocenters. The lowest BCUT2D eigenvalue weighted by Gasteiger charge is -2.39. The van der Waals surface area contributed by atoms with Crippen LogP contribution in [-0.4, -0.2) is 73.4 Å². The van der Waals surface area contributed by atoms with Gasteiger partial charge in [0.1, 0.15) is 12.4 Å². The van der Waals surface area contributed by atoms with Crippen LogP contribution in [0.4, 0.5) is 0 Å². The largest absolute Gasteiger partial charge is 0.491 e. The highest BCUT2D eigenvalue weighted by Gasteiger charge is 2.51. The van der Waals surface area contributed by atoms with Crippen LogP contribution >= 0.6 is 0 Å². The van der Waals surface area contributed by atoms with Crippen molar-refractivity contribution in [3.8, 4) is 5.75 Å². The number of carbonyl (C=O) groups is 1. The first kappa shape index (κ1) is 21.1. The van der Waals surface area contributed by atoms with Crippen LogP contribution in [-0.2, 0) is 16.1 Å². The van der Waals surface area contributed by atoms with Crippen molar-refractivity contribution in [2.75, 3.05) is 52.6 Å². The zero-order valence-corrected chi connectivity index (χ0v) is 17.2. The summed E-state index contributed by atoms with van der Waals surface area (Å²) in [4.78, 5) is 17.7. The van der Waals surface area contributed by atoms with Crippen molar-refractivity contribution < 1.29 is 19.4 Å². The van der Waals surface area contributed by atoms with Crippen molar-refractivity contribution in [1.82, 2.24) is 9.80 Å². The number of likely N-dealkylation sites (tertiary alicyclic amines) is 1. The van der Waals surface area contributed by atoms with Crippen LogP contribution in [0.2, 0.25) is 0 Å². The Labute approximate surface area is 168 Å². The summed E-state index contributed by atoms with van der Waals surface area (Å²) in [5, 5.41) is 8.95. The lowest BCUT2D eigenvalue weighted by molar-refractivity contribution is -0.140. The molecule has 156 valence electrons. The normalized spacial score (nSPS) is 21.8. The van der Waals surface area contributed by atoms with Crippen molar-refractivity contribution in [1.29, 1.82) is 0 Å². The standard InChI is InChI=1S/C22H34N2O4/c1-3-24(4-2)21(26)20-16-23(17-22(20)8-11-27-12-9-22)15-18-6-5-7-19(14-18)28-13-10-25/h5-7,14,20,25H,3-4,8-13,15-17H2,1-2H3. The molecule has 3 rings (SSSR count).